The van der Waals surface area contributed by atoms with Gasteiger partial charge in [-0.3, -0.25) is 4.79 Å². The number of hydrogen-bond donors (Lipinski definition) is 1. The zero-order valence-corrected chi connectivity index (χ0v) is 12.5. The molecule has 3 aliphatic rings. The quantitative estimate of drug-likeness (QED) is 0.788. The first-order valence-corrected chi connectivity index (χ1v) is 8.08. The minimum Gasteiger partial charge on any atom is -0.378 e. The molecule has 3 rings (SSSR count). The van der Waals surface area contributed by atoms with E-state index in [1.165, 1.54) is 32.4 Å². The molecule has 1 saturated carbocycles. The van der Waals surface area contributed by atoms with Crippen LogP contribution in [0.25, 0.3) is 0 Å². The third-order valence-corrected chi connectivity index (χ3v) is 4.79. The molecule has 0 bridgehead atoms. The van der Waals surface area contributed by atoms with Gasteiger partial charge in [0.05, 0.1) is 19.3 Å². The van der Waals surface area contributed by atoms with Crippen LogP contribution in [0.2, 0.25) is 0 Å². The van der Waals surface area contributed by atoms with Crippen molar-refractivity contribution < 1.29 is 9.53 Å². The standard InChI is InChI=1S/C15H27N3O2/c1-12(15(19)17-6-8-20-9-7-17)16-10-13-4-5-18(11-13)14-2-3-14/h12-14,16H,2-11H2,1H3. The molecule has 114 valence electrons. The van der Waals surface area contributed by atoms with Gasteiger partial charge in [0, 0.05) is 25.7 Å². The first-order valence-electron chi connectivity index (χ1n) is 8.08. The van der Waals surface area contributed by atoms with E-state index in [1.807, 2.05) is 11.8 Å². The summed E-state index contributed by atoms with van der Waals surface area (Å²) in [5.41, 5.74) is 0. The molecular weight excluding hydrogens is 254 g/mol. The van der Waals surface area contributed by atoms with E-state index in [2.05, 4.69) is 10.2 Å². The molecule has 0 aromatic heterocycles. The Labute approximate surface area is 121 Å². The van der Waals surface area contributed by atoms with E-state index >= 15 is 0 Å². The monoisotopic (exact) mass is 281 g/mol. The van der Waals surface area contributed by atoms with E-state index in [0.29, 0.717) is 13.2 Å². The topological polar surface area (TPSA) is 44.8 Å². The fourth-order valence-electron chi connectivity index (χ4n) is 3.29. The Hall–Kier alpha value is -0.650. The maximum Gasteiger partial charge on any atom is 0.239 e. The zero-order valence-electron chi connectivity index (χ0n) is 12.5. The minimum atomic E-state index is -0.0666. The van der Waals surface area contributed by atoms with Gasteiger partial charge in [-0.05, 0) is 45.2 Å². The first kappa shape index (κ1) is 14.3. The zero-order chi connectivity index (χ0) is 13.9. The van der Waals surface area contributed by atoms with Crippen LogP contribution in [0.4, 0.5) is 0 Å². The number of likely N-dealkylation sites (tertiary alicyclic amines) is 1. The number of carbonyl (C=O) groups is 1. The summed E-state index contributed by atoms with van der Waals surface area (Å²) in [4.78, 5) is 16.8. The van der Waals surface area contributed by atoms with Crippen LogP contribution in [0.15, 0.2) is 0 Å². The molecule has 1 amide bonds. The molecule has 2 atom stereocenters. The predicted molar refractivity (Wildman–Crippen MR) is 77.6 cm³/mol. The summed E-state index contributed by atoms with van der Waals surface area (Å²) < 4.78 is 5.29. The molecule has 0 spiro atoms. The van der Waals surface area contributed by atoms with Gasteiger partial charge in [-0.1, -0.05) is 0 Å². The number of hydrogen-bond acceptors (Lipinski definition) is 4. The Bertz CT molecular complexity index is 340. The Morgan fingerprint density at radius 3 is 2.70 bits per heavy atom. The fourth-order valence-corrected chi connectivity index (χ4v) is 3.29. The Balaban J connectivity index is 1.37. The molecule has 2 saturated heterocycles. The summed E-state index contributed by atoms with van der Waals surface area (Å²) in [6.07, 6.45) is 4.07. The molecule has 20 heavy (non-hydrogen) atoms. The molecule has 1 N–H and O–H groups in total. The molecule has 0 aromatic carbocycles. The lowest BCUT2D eigenvalue weighted by molar-refractivity contribution is -0.137. The van der Waals surface area contributed by atoms with Crippen molar-refractivity contribution in [1.82, 2.24) is 15.1 Å². The third-order valence-electron chi connectivity index (χ3n) is 4.79. The van der Waals surface area contributed by atoms with Crippen LogP contribution in [-0.2, 0) is 9.53 Å². The smallest absolute Gasteiger partial charge is 0.239 e. The number of amides is 1. The van der Waals surface area contributed by atoms with Gasteiger partial charge < -0.3 is 19.9 Å². The largest absolute Gasteiger partial charge is 0.378 e. The maximum atomic E-state index is 12.3. The SMILES string of the molecule is CC(NCC1CCN(C2CC2)C1)C(=O)N1CCOCC1. The van der Waals surface area contributed by atoms with Crippen molar-refractivity contribution in [3.05, 3.63) is 0 Å². The van der Waals surface area contributed by atoms with E-state index in [0.717, 1.165) is 31.6 Å². The van der Waals surface area contributed by atoms with Crippen molar-refractivity contribution in [3.8, 4) is 0 Å². The van der Waals surface area contributed by atoms with Crippen molar-refractivity contribution in [1.29, 1.82) is 0 Å². The van der Waals surface area contributed by atoms with E-state index in [4.69, 9.17) is 4.74 Å². The normalized spacial score (nSPS) is 29.6. The second-order valence-corrected chi connectivity index (χ2v) is 6.45. The molecule has 2 aliphatic heterocycles. The fraction of sp³-hybridized carbons (Fsp3) is 0.933. The van der Waals surface area contributed by atoms with E-state index < -0.39 is 0 Å². The second kappa shape index (κ2) is 6.41. The Morgan fingerprint density at radius 1 is 1.25 bits per heavy atom. The molecule has 2 unspecified atom stereocenters. The molecule has 5 nitrogen and oxygen atoms in total. The van der Waals surface area contributed by atoms with E-state index in [-0.39, 0.29) is 11.9 Å². The summed E-state index contributed by atoms with van der Waals surface area (Å²) in [5, 5.41) is 3.44. The van der Waals surface area contributed by atoms with Crippen LogP contribution in [0.3, 0.4) is 0 Å². The van der Waals surface area contributed by atoms with Crippen molar-refractivity contribution >= 4 is 5.91 Å². The van der Waals surface area contributed by atoms with Crippen LogP contribution < -0.4 is 5.32 Å². The Kier molecular flexibility index (Phi) is 4.58. The van der Waals surface area contributed by atoms with Gasteiger partial charge in [0.15, 0.2) is 0 Å². The molecule has 1 aliphatic carbocycles. The van der Waals surface area contributed by atoms with Crippen LogP contribution in [0.1, 0.15) is 26.2 Å². The van der Waals surface area contributed by atoms with Crippen molar-refractivity contribution in [2.45, 2.75) is 38.3 Å². The molecule has 5 heteroatoms. The van der Waals surface area contributed by atoms with Gasteiger partial charge in [0.1, 0.15) is 0 Å². The van der Waals surface area contributed by atoms with Gasteiger partial charge in [0.25, 0.3) is 0 Å². The van der Waals surface area contributed by atoms with Gasteiger partial charge in [-0.2, -0.15) is 0 Å². The highest BCUT2D eigenvalue weighted by atomic mass is 16.5. The van der Waals surface area contributed by atoms with E-state index in [9.17, 15) is 4.79 Å². The predicted octanol–water partition coefficient (Wildman–Crippen LogP) is 0.308. The minimum absolute atomic E-state index is 0.0666. The number of nitrogens with one attached hydrogen (secondary N) is 1. The summed E-state index contributed by atoms with van der Waals surface area (Å²) in [7, 11) is 0. The highest BCUT2D eigenvalue weighted by molar-refractivity contribution is 5.81. The van der Waals surface area contributed by atoms with Crippen LogP contribution in [-0.4, -0.2) is 73.7 Å². The summed E-state index contributed by atoms with van der Waals surface area (Å²) >= 11 is 0. The lowest BCUT2D eigenvalue weighted by Gasteiger charge is -2.30. The van der Waals surface area contributed by atoms with Crippen molar-refractivity contribution in [3.63, 3.8) is 0 Å². The average Bonchev–Trinajstić information content (AvgIpc) is 3.24. The van der Waals surface area contributed by atoms with Crippen LogP contribution >= 0.6 is 0 Å². The molecule has 0 radical (unpaired) electrons. The molecule has 3 fully saturated rings. The molecular formula is C15H27N3O2. The lowest BCUT2D eigenvalue weighted by atomic mass is 10.1. The first-order chi connectivity index (χ1) is 9.74. The average molecular weight is 281 g/mol. The number of ether oxygens (including phenoxy) is 1. The summed E-state index contributed by atoms with van der Waals surface area (Å²) in [6.45, 7) is 8.27. The highest BCUT2D eigenvalue weighted by Gasteiger charge is 2.34. The number of morpholine rings is 1. The van der Waals surface area contributed by atoms with Gasteiger partial charge in [-0.15, -0.1) is 0 Å². The second-order valence-electron chi connectivity index (χ2n) is 6.45. The Morgan fingerprint density at radius 2 is 2.00 bits per heavy atom. The van der Waals surface area contributed by atoms with Gasteiger partial charge in [0.2, 0.25) is 5.91 Å². The van der Waals surface area contributed by atoms with E-state index in [1.54, 1.807) is 0 Å². The molecule has 2 heterocycles. The van der Waals surface area contributed by atoms with Gasteiger partial charge >= 0.3 is 0 Å². The summed E-state index contributed by atoms with van der Waals surface area (Å²) in [6, 6.07) is 0.815. The van der Waals surface area contributed by atoms with Crippen LogP contribution in [0.5, 0.6) is 0 Å². The van der Waals surface area contributed by atoms with Crippen molar-refractivity contribution in [2.75, 3.05) is 45.9 Å². The van der Waals surface area contributed by atoms with Crippen LogP contribution in [0, 0.1) is 5.92 Å². The van der Waals surface area contributed by atoms with Gasteiger partial charge in [-0.25, -0.2) is 0 Å². The highest BCUT2D eigenvalue weighted by Crippen LogP contribution is 2.31. The van der Waals surface area contributed by atoms with Crippen molar-refractivity contribution in [2.24, 2.45) is 5.92 Å². The number of rotatable bonds is 5. The number of nitrogens with zero attached hydrogens (tertiary/aromatic N) is 2. The molecule has 0 aromatic rings. The summed E-state index contributed by atoms with van der Waals surface area (Å²) in [5.74, 6) is 0.945. The maximum absolute atomic E-state index is 12.3. The lowest BCUT2D eigenvalue weighted by Crippen LogP contribution is -2.50. The third kappa shape index (κ3) is 3.51. The number of carbonyl (C=O) groups excluding carboxylic acids is 1.